The molecule has 0 aromatic rings. The van der Waals surface area contributed by atoms with Crippen molar-refractivity contribution in [3.8, 4) is 0 Å². The van der Waals surface area contributed by atoms with E-state index in [1.807, 2.05) is 0 Å². The summed E-state index contributed by atoms with van der Waals surface area (Å²) < 4.78 is 24.6. The minimum Gasteiger partial charge on any atom is -0.508 e. The van der Waals surface area contributed by atoms with E-state index in [0.717, 1.165) is 0 Å². The van der Waals surface area contributed by atoms with Gasteiger partial charge < -0.3 is 10.4 Å². The van der Waals surface area contributed by atoms with E-state index in [2.05, 4.69) is 19.7 Å². The van der Waals surface area contributed by atoms with Gasteiger partial charge in [-0.05, 0) is 6.92 Å². The molecule has 1 unspecified atom stereocenters. The van der Waals surface area contributed by atoms with Crippen molar-refractivity contribution in [1.29, 1.82) is 0 Å². The minimum absolute atomic E-state index is 0.130. The molecule has 0 saturated carbocycles. The number of aliphatic hydroxyl groups excluding tert-OH is 1. The largest absolute Gasteiger partial charge is 0.530 e. The van der Waals surface area contributed by atoms with Crippen molar-refractivity contribution in [1.82, 2.24) is 5.32 Å². The molecule has 3 aliphatic heterocycles. The maximum absolute atomic E-state index is 11.1. The number of hydrogen-bond acceptors (Lipinski definition) is 7. The summed E-state index contributed by atoms with van der Waals surface area (Å²) in [6.45, 7) is 2.52. The molecule has 2 saturated heterocycles. The summed E-state index contributed by atoms with van der Waals surface area (Å²) in [4.78, 5) is 4.06. The van der Waals surface area contributed by atoms with Crippen LogP contribution in [0.4, 0.5) is 0 Å². The summed E-state index contributed by atoms with van der Waals surface area (Å²) in [5, 5.41) is 13.0. The molecular weight excluding hydrogens is 235 g/mol. The van der Waals surface area contributed by atoms with Gasteiger partial charge in [0.1, 0.15) is 11.3 Å². The van der Waals surface area contributed by atoms with Gasteiger partial charge in [0.15, 0.2) is 0 Å². The molecule has 0 aromatic heterocycles. The fourth-order valence-corrected chi connectivity index (χ4v) is 2.49. The Hall–Kier alpha value is -0.720. The molecule has 2 N–H and O–H groups in total. The Kier molecular flexibility index (Phi) is 2.05. The highest BCUT2D eigenvalue weighted by Crippen LogP contribution is 2.65. The van der Waals surface area contributed by atoms with Gasteiger partial charge in [0.05, 0.1) is 12.3 Å². The number of nitrogens with one attached hydrogen (secondary N) is 1. The second-order valence-corrected chi connectivity index (χ2v) is 5.49. The smallest absolute Gasteiger partial charge is 0.508 e. The molecule has 0 bridgehead atoms. The maximum atomic E-state index is 11.1. The molecule has 2 atom stereocenters. The Morgan fingerprint density at radius 1 is 1.81 bits per heavy atom. The Balaban J connectivity index is 1.73. The number of hydrogen-bond donors (Lipinski definition) is 2. The summed E-state index contributed by atoms with van der Waals surface area (Å²) in [7, 11) is -3.23. The highest BCUT2D eigenvalue weighted by molar-refractivity contribution is 7.52. The number of aliphatic imine (C=N–C) groups is 1. The Bertz CT molecular complexity index is 434. The number of nitrogens with zero attached hydrogens (tertiary/aromatic N) is 1. The van der Waals surface area contributed by atoms with E-state index >= 15 is 0 Å². The third kappa shape index (κ3) is 1.52. The summed E-state index contributed by atoms with van der Waals surface area (Å²) in [5.74, 6) is 0.0503. The van der Waals surface area contributed by atoms with E-state index in [4.69, 9.17) is 4.52 Å². The van der Waals surface area contributed by atoms with Crippen LogP contribution in [0.5, 0.6) is 0 Å². The van der Waals surface area contributed by atoms with E-state index in [9.17, 15) is 9.67 Å². The van der Waals surface area contributed by atoms with Crippen molar-refractivity contribution >= 4 is 14.0 Å². The van der Waals surface area contributed by atoms with Crippen molar-refractivity contribution in [2.75, 3.05) is 13.2 Å². The topological polar surface area (TPSA) is 106 Å². The van der Waals surface area contributed by atoms with Gasteiger partial charge >= 0.3 is 7.82 Å². The molecule has 88 valence electrons. The first-order chi connectivity index (χ1) is 7.56. The summed E-state index contributed by atoms with van der Waals surface area (Å²) in [6.07, 6.45) is 1.69. The second kappa shape index (κ2) is 3.15. The van der Waals surface area contributed by atoms with Crippen molar-refractivity contribution in [3.05, 3.63) is 11.5 Å². The van der Waals surface area contributed by atoms with Crippen LogP contribution in [0.15, 0.2) is 16.4 Å². The first-order valence-electron chi connectivity index (χ1n) is 4.88. The van der Waals surface area contributed by atoms with Gasteiger partial charge in [-0.15, -0.1) is 9.35 Å². The lowest BCUT2D eigenvalue weighted by atomic mass is 9.89. The van der Waals surface area contributed by atoms with E-state index in [0.29, 0.717) is 12.2 Å². The van der Waals surface area contributed by atoms with Gasteiger partial charge in [-0.3, -0.25) is 9.52 Å². The third-order valence-electron chi connectivity index (χ3n) is 3.01. The molecule has 0 aliphatic carbocycles. The molecule has 0 radical (unpaired) electrons. The van der Waals surface area contributed by atoms with E-state index in [1.165, 1.54) is 0 Å². The van der Waals surface area contributed by atoms with Crippen molar-refractivity contribution in [2.45, 2.75) is 12.5 Å². The van der Waals surface area contributed by atoms with Crippen molar-refractivity contribution < 1.29 is 23.5 Å². The van der Waals surface area contributed by atoms with Gasteiger partial charge in [0, 0.05) is 18.7 Å². The quantitative estimate of drug-likeness (QED) is 0.435. The molecule has 8 heteroatoms. The molecule has 7 nitrogen and oxygen atoms in total. The summed E-state index contributed by atoms with van der Waals surface area (Å²) in [6, 6.07) is 0. The van der Waals surface area contributed by atoms with Crippen LogP contribution < -0.4 is 5.32 Å². The zero-order valence-electron chi connectivity index (χ0n) is 8.54. The lowest BCUT2D eigenvalue weighted by molar-refractivity contribution is 0.0850. The van der Waals surface area contributed by atoms with Crippen molar-refractivity contribution in [2.24, 2.45) is 10.9 Å². The molecular formula is C8H11N2O5P. The van der Waals surface area contributed by atoms with Crippen LogP contribution in [0.25, 0.3) is 0 Å². The predicted octanol–water partition coefficient (Wildman–Crippen LogP) is 0.905. The Morgan fingerprint density at radius 3 is 3.06 bits per heavy atom. The number of rotatable bonds is 3. The first kappa shape index (κ1) is 10.4. The van der Waals surface area contributed by atoms with Gasteiger partial charge in [0.25, 0.3) is 0 Å². The summed E-state index contributed by atoms with van der Waals surface area (Å²) in [5.41, 5.74) is 0.0906. The Morgan fingerprint density at radius 2 is 2.50 bits per heavy atom. The number of aliphatic hydroxyl groups is 1. The molecule has 2 fully saturated rings. The van der Waals surface area contributed by atoms with E-state index < -0.39 is 13.4 Å². The molecule has 0 amide bonds. The normalized spacial score (nSPS) is 39.2. The molecule has 0 aromatic carbocycles. The van der Waals surface area contributed by atoms with Crippen LogP contribution in [0.2, 0.25) is 0 Å². The van der Waals surface area contributed by atoms with Crippen LogP contribution >= 0.6 is 7.82 Å². The number of phosphoric acid groups is 1. The Labute approximate surface area is 91.6 Å². The SMILES string of the molecule is CC1=C(O)[C@]2(CN2)C(COP2(=O)OO2)C=N1. The monoisotopic (exact) mass is 246 g/mol. The van der Waals surface area contributed by atoms with E-state index in [1.54, 1.807) is 13.1 Å². The molecule has 3 rings (SSSR count). The average molecular weight is 246 g/mol. The van der Waals surface area contributed by atoms with Crippen LogP contribution in [0, 0.1) is 5.92 Å². The highest BCUT2D eigenvalue weighted by Gasteiger charge is 2.56. The minimum atomic E-state index is -3.23. The number of allylic oxidation sites excluding steroid dienone is 1. The third-order valence-corrected chi connectivity index (χ3v) is 3.87. The first-order valence-corrected chi connectivity index (χ1v) is 6.34. The predicted molar refractivity (Wildman–Crippen MR) is 53.8 cm³/mol. The van der Waals surface area contributed by atoms with Crippen LogP contribution in [0.3, 0.4) is 0 Å². The van der Waals surface area contributed by atoms with Crippen LogP contribution in [-0.4, -0.2) is 30.0 Å². The van der Waals surface area contributed by atoms with Gasteiger partial charge in [0.2, 0.25) is 0 Å². The average Bonchev–Trinajstić information content (AvgIpc) is 3.14. The lowest BCUT2D eigenvalue weighted by Crippen LogP contribution is -2.37. The zero-order chi connectivity index (χ0) is 11.4. The standard InChI is InChI=1S/C8H11N2O5P/c1-5-7(11)8(4-10-8)6(2-9-5)3-13-16(12)14-15-16/h2,6,10-11H,3-4H2,1H3/t6?,8-/m0/s1. The van der Waals surface area contributed by atoms with Gasteiger partial charge in [-0.2, -0.15) is 0 Å². The molecule has 1 spiro atoms. The highest BCUT2D eigenvalue weighted by atomic mass is 31.2. The van der Waals surface area contributed by atoms with Gasteiger partial charge in [-0.1, -0.05) is 0 Å². The molecule has 16 heavy (non-hydrogen) atoms. The van der Waals surface area contributed by atoms with Crippen molar-refractivity contribution in [3.63, 3.8) is 0 Å². The zero-order valence-corrected chi connectivity index (χ0v) is 9.44. The van der Waals surface area contributed by atoms with Crippen LogP contribution in [-0.2, 0) is 18.4 Å². The van der Waals surface area contributed by atoms with Crippen LogP contribution in [0.1, 0.15) is 6.92 Å². The van der Waals surface area contributed by atoms with E-state index in [-0.39, 0.29) is 18.3 Å². The van der Waals surface area contributed by atoms with Gasteiger partial charge in [-0.25, -0.2) is 4.57 Å². The molecule has 3 heterocycles. The second-order valence-electron chi connectivity index (χ2n) is 4.04. The molecule has 3 aliphatic rings. The maximum Gasteiger partial charge on any atom is 0.530 e. The fourth-order valence-electron chi connectivity index (χ4n) is 1.84. The summed E-state index contributed by atoms with van der Waals surface area (Å²) >= 11 is 0. The fraction of sp³-hybridized carbons (Fsp3) is 0.625. The lowest BCUT2D eigenvalue weighted by Gasteiger charge is -2.24.